The summed E-state index contributed by atoms with van der Waals surface area (Å²) < 4.78 is 0. The summed E-state index contributed by atoms with van der Waals surface area (Å²) in [4.78, 5) is 13.3. The number of aromatic amines is 1. The van der Waals surface area contributed by atoms with E-state index >= 15 is 0 Å². The maximum atomic E-state index is 10.9. The number of alkyl halides is 1. The van der Waals surface area contributed by atoms with Crippen LogP contribution in [0.25, 0.3) is 0 Å². The van der Waals surface area contributed by atoms with Gasteiger partial charge in [-0.25, -0.2) is 0 Å². The van der Waals surface area contributed by atoms with Crippen molar-refractivity contribution >= 4 is 17.3 Å². The molecule has 1 aromatic heterocycles. The van der Waals surface area contributed by atoms with E-state index < -0.39 is 17.8 Å². The van der Waals surface area contributed by atoms with Crippen molar-refractivity contribution in [2.45, 2.75) is 18.6 Å². The molecule has 0 spiro atoms. The van der Waals surface area contributed by atoms with Crippen molar-refractivity contribution in [2.75, 3.05) is 11.6 Å². The zero-order valence-corrected chi connectivity index (χ0v) is 8.74. The van der Waals surface area contributed by atoms with Crippen molar-refractivity contribution in [3.8, 4) is 0 Å². The van der Waals surface area contributed by atoms with Crippen LogP contribution >= 0.6 is 11.6 Å². The molecule has 0 aliphatic heterocycles. The van der Waals surface area contributed by atoms with E-state index in [2.05, 4.69) is 4.98 Å². The molecular weight excluding hydrogens is 220 g/mol. The molecule has 1 rings (SSSR count). The van der Waals surface area contributed by atoms with E-state index in [1.165, 1.54) is 12.3 Å². The Morgan fingerprint density at radius 3 is 2.73 bits per heavy atom. The average molecular weight is 233 g/mol. The van der Waals surface area contributed by atoms with Gasteiger partial charge in [0.2, 0.25) is 0 Å². The number of pyridine rings is 1. The zero-order chi connectivity index (χ0) is 11.4. The molecule has 5 nitrogen and oxygen atoms in total. The number of aliphatic hydroxyl groups is 2. The first-order valence-electron chi connectivity index (χ1n) is 4.46. The first-order chi connectivity index (χ1) is 7.06. The summed E-state index contributed by atoms with van der Waals surface area (Å²) in [6, 6.07) is 1.33. The maximum Gasteiger partial charge on any atom is 0.271 e. The number of nitrogens with one attached hydrogen (secondary N) is 1. The van der Waals surface area contributed by atoms with Gasteiger partial charge < -0.3 is 20.9 Å². The number of aliphatic hydroxyl groups excluding tert-OH is 2. The van der Waals surface area contributed by atoms with Crippen LogP contribution in [0.15, 0.2) is 17.1 Å². The fourth-order valence-corrected chi connectivity index (χ4v) is 1.41. The third-order valence-electron chi connectivity index (χ3n) is 2.07. The van der Waals surface area contributed by atoms with Crippen LogP contribution < -0.4 is 11.3 Å². The van der Waals surface area contributed by atoms with Crippen LogP contribution in [0.4, 0.5) is 5.69 Å². The fraction of sp³-hybridized carbons (Fsp3) is 0.444. The van der Waals surface area contributed by atoms with E-state index in [0.29, 0.717) is 5.56 Å². The predicted octanol–water partition coefficient (Wildman–Crippen LogP) is -0.0197. The highest BCUT2D eigenvalue weighted by molar-refractivity contribution is 6.17. The SMILES string of the molecule is Nc1cc(C(O)C(O)CCCl)c[nH]c1=O. The largest absolute Gasteiger partial charge is 0.394 e. The summed E-state index contributed by atoms with van der Waals surface area (Å²) in [5.74, 6) is 0.247. The van der Waals surface area contributed by atoms with Crippen molar-refractivity contribution in [3.63, 3.8) is 0 Å². The summed E-state index contributed by atoms with van der Waals surface area (Å²) in [5, 5.41) is 19.1. The first-order valence-corrected chi connectivity index (χ1v) is 5.00. The zero-order valence-electron chi connectivity index (χ0n) is 7.98. The highest BCUT2D eigenvalue weighted by atomic mass is 35.5. The molecule has 5 N–H and O–H groups in total. The van der Waals surface area contributed by atoms with Gasteiger partial charge in [-0.15, -0.1) is 11.6 Å². The van der Waals surface area contributed by atoms with Gasteiger partial charge in [-0.05, 0) is 12.5 Å². The number of hydrogen-bond acceptors (Lipinski definition) is 4. The second-order valence-electron chi connectivity index (χ2n) is 3.21. The molecule has 1 heterocycles. The van der Waals surface area contributed by atoms with Gasteiger partial charge >= 0.3 is 0 Å². The summed E-state index contributed by atoms with van der Waals surface area (Å²) in [5.41, 5.74) is 5.32. The Balaban J connectivity index is 2.86. The van der Waals surface area contributed by atoms with Crippen molar-refractivity contribution in [3.05, 3.63) is 28.2 Å². The third kappa shape index (κ3) is 2.95. The van der Waals surface area contributed by atoms with Crippen LogP contribution in [0, 0.1) is 0 Å². The van der Waals surface area contributed by atoms with Crippen LogP contribution in [0.1, 0.15) is 18.1 Å². The Morgan fingerprint density at radius 1 is 1.53 bits per heavy atom. The van der Waals surface area contributed by atoms with Crippen molar-refractivity contribution < 1.29 is 10.2 Å². The minimum absolute atomic E-state index is 0.00428. The molecule has 15 heavy (non-hydrogen) atoms. The van der Waals surface area contributed by atoms with Crippen LogP contribution in [0.5, 0.6) is 0 Å². The molecule has 84 valence electrons. The first kappa shape index (κ1) is 12.0. The Kier molecular flexibility index (Phi) is 4.14. The number of nitrogens with two attached hydrogens (primary N) is 1. The molecule has 0 bridgehead atoms. The van der Waals surface area contributed by atoms with Gasteiger partial charge in [0.15, 0.2) is 0 Å². The molecule has 1 aromatic rings. The quantitative estimate of drug-likeness (QED) is 0.549. The summed E-state index contributed by atoms with van der Waals surface area (Å²) in [7, 11) is 0. The second kappa shape index (κ2) is 5.16. The van der Waals surface area contributed by atoms with E-state index in [9.17, 15) is 15.0 Å². The van der Waals surface area contributed by atoms with Crippen molar-refractivity contribution in [2.24, 2.45) is 0 Å². The highest BCUT2D eigenvalue weighted by Crippen LogP contribution is 2.18. The number of halogens is 1. The minimum atomic E-state index is -1.09. The number of anilines is 1. The number of rotatable bonds is 4. The summed E-state index contributed by atoms with van der Waals surface area (Å²) in [6.45, 7) is 0. The van der Waals surface area contributed by atoms with Crippen LogP contribution in [0.3, 0.4) is 0 Å². The molecule has 0 fully saturated rings. The Bertz CT molecular complexity index is 380. The van der Waals surface area contributed by atoms with Crippen molar-refractivity contribution in [1.82, 2.24) is 4.98 Å². The lowest BCUT2D eigenvalue weighted by atomic mass is 10.0. The topological polar surface area (TPSA) is 99.3 Å². The van der Waals surface area contributed by atoms with Gasteiger partial charge in [0.05, 0.1) is 11.8 Å². The van der Waals surface area contributed by atoms with Gasteiger partial charge in [0.25, 0.3) is 5.56 Å². The molecule has 0 aromatic carbocycles. The molecule has 0 amide bonds. The van der Waals surface area contributed by atoms with Gasteiger partial charge in [-0.1, -0.05) is 0 Å². The van der Waals surface area contributed by atoms with Crippen LogP contribution in [0.2, 0.25) is 0 Å². The Hall–Kier alpha value is -1.04. The Morgan fingerprint density at radius 2 is 2.20 bits per heavy atom. The molecular formula is C9H13ClN2O3. The standard InChI is InChI=1S/C9H13ClN2O3/c10-2-1-7(13)8(14)5-3-6(11)9(15)12-4-5/h3-4,7-8,13-14H,1-2,11H2,(H,12,15). The lowest BCUT2D eigenvalue weighted by Gasteiger charge is -2.16. The van der Waals surface area contributed by atoms with Crippen LogP contribution in [-0.2, 0) is 0 Å². The summed E-state index contributed by atoms with van der Waals surface area (Å²) in [6.07, 6.45) is -0.474. The van der Waals surface area contributed by atoms with Gasteiger partial charge in [-0.3, -0.25) is 4.79 Å². The van der Waals surface area contributed by atoms with E-state index in [1.807, 2.05) is 0 Å². The second-order valence-corrected chi connectivity index (χ2v) is 3.59. The van der Waals surface area contributed by atoms with E-state index in [1.54, 1.807) is 0 Å². The van der Waals surface area contributed by atoms with E-state index in [0.717, 1.165) is 0 Å². The smallest absolute Gasteiger partial charge is 0.271 e. The van der Waals surface area contributed by atoms with Gasteiger partial charge in [0.1, 0.15) is 6.10 Å². The normalized spacial score (nSPS) is 14.9. The molecule has 0 aliphatic carbocycles. The molecule has 0 aliphatic rings. The lowest BCUT2D eigenvalue weighted by Crippen LogP contribution is -2.21. The molecule has 0 saturated heterocycles. The van der Waals surface area contributed by atoms with E-state index in [-0.39, 0.29) is 18.0 Å². The minimum Gasteiger partial charge on any atom is -0.394 e. The maximum absolute atomic E-state index is 10.9. The van der Waals surface area contributed by atoms with Crippen molar-refractivity contribution in [1.29, 1.82) is 0 Å². The number of aromatic nitrogens is 1. The molecule has 2 unspecified atom stereocenters. The van der Waals surface area contributed by atoms with Gasteiger partial charge in [-0.2, -0.15) is 0 Å². The molecule has 2 atom stereocenters. The van der Waals surface area contributed by atoms with Crippen LogP contribution in [-0.4, -0.2) is 27.2 Å². The fourth-order valence-electron chi connectivity index (χ4n) is 1.18. The summed E-state index contributed by atoms with van der Waals surface area (Å²) >= 11 is 5.43. The molecule has 0 saturated carbocycles. The van der Waals surface area contributed by atoms with E-state index in [4.69, 9.17) is 17.3 Å². The highest BCUT2D eigenvalue weighted by Gasteiger charge is 2.18. The monoisotopic (exact) mass is 232 g/mol. The lowest BCUT2D eigenvalue weighted by molar-refractivity contribution is 0.0168. The number of nitrogen functional groups attached to an aromatic ring is 1. The molecule has 0 radical (unpaired) electrons. The van der Waals surface area contributed by atoms with Gasteiger partial charge in [0, 0.05) is 17.6 Å². The number of hydrogen-bond donors (Lipinski definition) is 4. The molecule has 6 heteroatoms. The average Bonchev–Trinajstić information content (AvgIpc) is 2.21. The third-order valence-corrected chi connectivity index (χ3v) is 2.28. The predicted molar refractivity (Wildman–Crippen MR) is 57.8 cm³/mol. The Labute approximate surface area is 91.5 Å². The number of H-pyrrole nitrogens is 1.